The minimum Gasteiger partial charge on any atom is -0.455 e. The number of hydrogen-bond acceptors (Lipinski definition) is 3. The molecule has 0 radical (unpaired) electrons. The molecule has 0 N–H and O–H groups in total. The number of benzene rings is 4. The Labute approximate surface area is 273 Å². The summed E-state index contributed by atoms with van der Waals surface area (Å²) < 4.78 is 7.35. The summed E-state index contributed by atoms with van der Waals surface area (Å²) >= 11 is 0. The first-order valence-electron chi connectivity index (χ1n) is 16.1. The van der Waals surface area contributed by atoms with Crippen molar-refractivity contribution in [1.29, 1.82) is 10.5 Å². The van der Waals surface area contributed by atoms with Crippen LogP contribution in [0.4, 0.5) is 0 Å². The van der Waals surface area contributed by atoms with E-state index in [0.717, 1.165) is 47.9 Å². The Hall–Kier alpha value is -3.75. The third-order valence-electron chi connectivity index (χ3n) is 10.4. The van der Waals surface area contributed by atoms with Crippen molar-refractivity contribution in [2.45, 2.75) is 89.6 Å². The zero-order chi connectivity index (χ0) is 32.9. The molecule has 0 saturated carbocycles. The highest BCUT2D eigenvalue weighted by Gasteiger charge is 2.49. The fourth-order valence-electron chi connectivity index (χ4n) is 5.69. The summed E-state index contributed by atoms with van der Waals surface area (Å²) in [6.07, 6.45) is 4.22. The van der Waals surface area contributed by atoms with Gasteiger partial charge in [0.2, 0.25) is 0 Å². The van der Waals surface area contributed by atoms with Crippen LogP contribution in [0.2, 0.25) is 36.3 Å². The van der Waals surface area contributed by atoms with Gasteiger partial charge in [-0.05, 0) is 120 Å². The highest BCUT2D eigenvalue weighted by Crippen LogP contribution is 2.49. The molecule has 0 aliphatic rings. The second-order valence-corrected chi connectivity index (χ2v) is 24.2. The largest absolute Gasteiger partial charge is 0.455 e. The molecule has 4 rings (SSSR count). The molecule has 0 saturated heterocycles. The van der Waals surface area contributed by atoms with Crippen molar-refractivity contribution in [2.24, 2.45) is 0 Å². The van der Waals surface area contributed by atoms with Crippen LogP contribution < -0.4 is 0 Å². The third kappa shape index (κ3) is 8.30. The van der Waals surface area contributed by atoms with Gasteiger partial charge in [-0.1, -0.05) is 100 Å². The maximum atomic E-state index is 9.25. The Balaban J connectivity index is 1.36. The van der Waals surface area contributed by atoms with E-state index < -0.39 is 16.6 Å². The predicted octanol–water partition coefficient (Wildman–Crippen LogP) is 11.3. The number of aryl methyl sites for hydroxylation is 2. The van der Waals surface area contributed by atoms with Crippen LogP contribution in [0.25, 0.3) is 22.3 Å². The Morgan fingerprint density at radius 3 is 1.22 bits per heavy atom. The summed E-state index contributed by atoms with van der Waals surface area (Å²) in [5, 5.41) is 18.7. The molecule has 0 aliphatic heterocycles. The van der Waals surface area contributed by atoms with Gasteiger partial charge in [0.15, 0.2) is 16.6 Å². The average Bonchev–Trinajstić information content (AvgIpc) is 3.02. The van der Waals surface area contributed by atoms with Gasteiger partial charge in [0.25, 0.3) is 0 Å². The molecule has 5 heteroatoms. The summed E-state index contributed by atoms with van der Waals surface area (Å²) in [6, 6.07) is 37.7. The van der Waals surface area contributed by atoms with Crippen LogP contribution in [-0.4, -0.2) is 16.6 Å². The van der Waals surface area contributed by atoms with Crippen LogP contribution in [0.15, 0.2) is 97.1 Å². The van der Waals surface area contributed by atoms with Crippen molar-refractivity contribution in [1.82, 2.24) is 0 Å². The molecule has 3 nitrogen and oxygen atoms in total. The molecular weight excluding hydrogens is 581 g/mol. The van der Waals surface area contributed by atoms with Gasteiger partial charge in [0.05, 0.1) is 23.3 Å². The van der Waals surface area contributed by atoms with E-state index >= 15 is 0 Å². The molecule has 0 heterocycles. The fraction of sp³-hybridized carbons (Fsp3) is 0.350. The molecule has 0 unspecified atom stereocenters. The van der Waals surface area contributed by atoms with E-state index in [0.29, 0.717) is 11.1 Å². The highest BCUT2D eigenvalue weighted by atomic mass is 28.4. The van der Waals surface area contributed by atoms with Crippen LogP contribution in [0.1, 0.15) is 62.8 Å². The molecular formula is C40H48N2OSi2. The lowest BCUT2D eigenvalue weighted by Gasteiger charge is -2.49. The molecule has 0 aliphatic carbocycles. The van der Waals surface area contributed by atoms with Gasteiger partial charge in [-0.15, -0.1) is 0 Å². The van der Waals surface area contributed by atoms with Crippen LogP contribution in [0.3, 0.4) is 0 Å². The molecule has 0 aromatic heterocycles. The lowest BCUT2D eigenvalue weighted by Crippen LogP contribution is -2.55. The van der Waals surface area contributed by atoms with Crippen LogP contribution >= 0.6 is 0 Å². The number of rotatable bonds is 12. The first-order valence-corrected chi connectivity index (χ1v) is 21.9. The minimum absolute atomic E-state index is 0.117. The van der Waals surface area contributed by atoms with Gasteiger partial charge in [0, 0.05) is 0 Å². The summed E-state index contributed by atoms with van der Waals surface area (Å²) in [5.41, 5.74) is 8.51. The van der Waals surface area contributed by atoms with Gasteiger partial charge in [-0.25, -0.2) is 0 Å². The minimum atomic E-state index is -2.06. The molecule has 0 bridgehead atoms. The van der Waals surface area contributed by atoms with Gasteiger partial charge >= 0.3 is 0 Å². The zero-order valence-electron chi connectivity index (χ0n) is 28.4. The first-order chi connectivity index (χ1) is 21.2. The number of nitriles is 2. The fourth-order valence-corrected chi connectivity index (χ4v) is 14.5. The van der Waals surface area contributed by atoms with Crippen LogP contribution in [0.5, 0.6) is 0 Å². The Morgan fingerprint density at radius 2 is 0.889 bits per heavy atom. The second kappa shape index (κ2) is 13.7. The molecule has 4 aromatic carbocycles. The normalized spacial score (nSPS) is 12.4. The summed E-state index contributed by atoms with van der Waals surface area (Å²) in [6.45, 7) is 19.3. The summed E-state index contributed by atoms with van der Waals surface area (Å²) in [4.78, 5) is 0. The SMILES string of the molecule is CC(C)(CCc1ccc(-c2cccc(C#N)c2)cc1)[Si](C)(C)O[Si](C)(C)C(C)(C)CCc1ccc(-c2cccc(C#N)c2)cc1. The van der Waals surface area contributed by atoms with Gasteiger partial charge in [-0.2, -0.15) is 10.5 Å². The van der Waals surface area contributed by atoms with Crippen molar-refractivity contribution in [3.8, 4) is 34.4 Å². The van der Waals surface area contributed by atoms with E-state index in [4.69, 9.17) is 4.12 Å². The van der Waals surface area contributed by atoms with E-state index in [9.17, 15) is 10.5 Å². The summed E-state index contributed by atoms with van der Waals surface area (Å²) in [7, 11) is -4.11. The lowest BCUT2D eigenvalue weighted by atomic mass is 9.98. The van der Waals surface area contributed by atoms with Crippen molar-refractivity contribution in [2.75, 3.05) is 0 Å². The Bertz CT molecular complexity index is 1560. The smallest absolute Gasteiger partial charge is 0.179 e. The maximum Gasteiger partial charge on any atom is 0.179 e. The lowest BCUT2D eigenvalue weighted by molar-refractivity contribution is 0.410. The van der Waals surface area contributed by atoms with E-state index in [1.54, 1.807) is 0 Å². The first kappa shape index (κ1) is 34.1. The average molecular weight is 629 g/mol. The van der Waals surface area contributed by atoms with Gasteiger partial charge in [-0.3, -0.25) is 0 Å². The molecule has 232 valence electrons. The van der Waals surface area contributed by atoms with Crippen LogP contribution in [0, 0.1) is 22.7 Å². The van der Waals surface area contributed by atoms with Gasteiger partial charge < -0.3 is 4.12 Å². The quantitative estimate of drug-likeness (QED) is 0.147. The van der Waals surface area contributed by atoms with Crippen LogP contribution in [-0.2, 0) is 17.0 Å². The highest BCUT2D eigenvalue weighted by molar-refractivity contribution is 6.87. The van der Waals surface area contributed by atoms with Crippen molar-refractivity contribution < 1.29 is 4.12 Å². The Morgan fingerprint density at radius 1 is 0.533 bits per heavy atom. The molecule has 0 amide bonds. The molecule has 45 heavy (non-hydrogen) atoms. The zero-order valence-corrected chi connectivity index (χ0v) is 30.4. The van der Waals surface area contributed by atoms with Gasteiger partial charge in [0.1, 0.15) is 0 Å². The standard InChI is InChI=1S/C40H48N2OSi2/c1-39(2,25-23-31-15-19-35(20-16-31)37-13-9-11-33(27-37)29-41)44(5,6)43-45(7,8)40(3,4)26-24-32-17-21-36(22-18-32)38-14-10-12-34(28-38)30-42/h9-22,27-28H,23-26H2,1-8H3. The second-order valence-electron chi connectivity index (χ2n) is 14.7. The number of nitrogens with zero attached hydrogens (tertiary/aromatic N) is 2. The molecule has 0 spiro atoms. The van der Waals surface area contributed by atoms with E-state index in [1.807, 2.05) is 36.4 Å². The Kier molecular flexibility index (Phi) is 10.4. The predicted molar refractivity (Wildman–Crippen MR) is 194 cm³/mol. The summed E-state index contributed by atoms with van der Waals surface area (Å²) in [5.74, 6) is 0. The topological polar surface area (TPSA) is 56.8 Å². The van der Waals surface area contributed by atoms with E-state index in [2.05, 4.69) is 127 Å². The molecule has 0 atom stereocenters. The number of hydrogen-bond donors (Lipinski definition) is 0. The van der Waals surface area contributed by atoms with E-state index in [1.165, 1.54) is 11.1 Å². The monoisotopic (exact) mass is 628 g/mol. The molecule has 4 aromatic rings. The van der Waals surface area contributed by atoms with Crippen molar-refractivity contribution in [3.05, 3.63) is 119 Å². The van der Waals surface area contributed by atoms with Crippen molar-refractivity contribution in [3.63, 3.8) is 0 Å². The maximum absolute atomic E-state index is 9.25. The third-order valence-corrected chi connectivity index (χ3v) is 21.5. The molecule has 0 fully saturated rings. The van der Waals surface area contributed by atoms with E-state index in [-0.39, 0.29) is 10.1 Å². The van der Waals surface area contributed by atoms with Crippen molar-refractivity contribution >= 4 is 16.6 Å².